The molecule has 1 atom stereocenters. The molecule has 1 aliphatic heterocycles. The fourth-order valence-electron chi connectivity index (χ4n) is 2.83. The van der Waals surface area contributed by atoms with E-state index in [2.05, 4.69) is 55.3 Å². The normalized spacial score (nSPS) is 20.3. The third-order valence-electron chi connectivity index (χ3n) is 4.01. The largest absolute Gasteiger partial charge is 0.316 e. The predicted molar refractivity (Wildman–Crippen MR) is 82.3 cm³/mol. The summed E-state index contributed by atoms with van der Waals surface area (Å²) in [6.45, 7) is 12.7. The van der Waals surface area contributed by atoms with Crippen LogP contribution in [0.25, 0.3) is 0 Å². The first kappa shape index (κ1) is 14.5. The highest BCUT2D eigenvalue weighted by atomic mass is 15.1. The van der Waals surface area contributed by atoms with Crippen LogP contribution < -0.4 is 5.32 Å². The zero-order valence-corrected chi connectivity index (χ0v) is 12.7. The van der Waals surface area contributed by atoms with Gasteiger partial charge in [-0.05, 0) is 55.9 Å². The van der Waals surface area contributed by atoms with Gasteiger partial charge in [-0.15, -0.1) is 0 Å². The van der Waals surface area contributed by atoms with E-state index in [0.29, 0.717) is 0 Å². The summed E-state index contributed by atoms with van der Waals surface area (Å²) in [4.78, 5) is 2.60. The van der Waals surface area contributed by atoms with Crippen molar-refractivity contribution in [3.63, 3.8) is 0 Å². The number of nitrogens with zero attached hydrogens (tertiary/aromatic N) is 1. The second kappa shape index (κ2) is 7.06. The van der Waals surface area contributed by atoms with Gasteiger partial charge in [-0.2, -0.15) is 0 Å². The Bertz CT molecular complexity index is 387. The molecule has 0 spiro atoms. The van der Waals surface area contributed by atoms with Crippen LogP contribution in [0.15, 0.2) is 24.3 Å². The van der Waals surface area contributed by atoms with E-state index in [1.165, 1.54) is 37.2 Å². The topological polar surface area (TPSA) is 15.3 Å². The molecule has 0 aliphatic carbocycles. The number of nitrogens with one attached hydrogen (secondary N) is 1. The van der Waals surface area contributed by atoms with Gasteiger partial charge in [0.15, 0.2) is 0 Å². The van der Waals surface area contributed by atoms with Crippen LogP contribution in [0.4, 0.5) is 0 Å². The second-order valence-electron chi connectivity index (χ2n) is 6.37. The molecule has 1 aromatic rings. The number of hydrogen-bond donors (Lipinski definition) is 1. The maximum atomic E-state index is 3.60. The molecule has 0 amide bonds. The maximum Gasteiger partial charge on any atom is 0.0236 e. The first-order valence-corrected chi connectivity index (χ1v) is 7.62. The molecule has 0 saturated carbocycles. The Morgan fingerprint density at radius 3 is 2.84 bits per heavy atom. The van der Waals surface area contributed by atoms with Crippen LogP contribution >= 0.6 is 0 Å². The lowest BCUT2D eigenvalue weighted by Crippen LogP contribution is -2.28. The van der Waals surface area contributed by atoms with Gasteiger partial charge in [-0.25, -0.2) is 0 Å². The smallest absolute Gasteiger partial charge is 0.0236 e. The molecule has 1 fully saturated rings. The van der Waals surface area contributed by atoms with Gasteiger partial charge < -0.3 is 5.32 Å². The Morgan fingerprint density at radius 1 is 1.32 bits per heavy atom. The lowest BCUT2D eigenvalue weighted by atomic mass is 10.1. The standard InChI is InChI=1S/C17H28N2/c1-14(2)10-18-11-16-8-9-19(12-16)13-17-7-5-4-6-15(17)3/h4-7,14,16,18H,8-13H2,1-3H3. The molecule has 1 N–H and O–H groups in total. The van der Waals surface area contributed by atoms with Gasteiger partial charge in [0.2, 0.25) is 0 Å². The highest BCUT2D eigenvalue weighted by molar-refractivity contribution is 5.25. The molecule has 1 saturated heterocycles. The molecule has 106 valence electrons. The molecule has 1 unspecified atom stereocenters. The van der Waals surface area contributed by atoms with E-state index in [1.54, 1.807) is 0 Å². The van der Waals surface area contributed by atoms with Crippen molar-refractivity contribution in [1.29, 1.82) is 0 Å². The van der Waals surface area contributed by atoms with Crippen LogP contribution in [0.3, 0.4) is 0 Å². The van der Waals surface area contributed by atoms with Crippen molar-refractivity contribution < 1.29 is 0 Å². The molecule has 0 radical (unpaired) electrons. The molecule has 19 heavy (non-hydrogen) atoms. The van der Waals surface area contributed by atoms with Gasteiger partial charge in [-0.1, -0.05) is 38.1 Å². The minimum atomic E-state index is 0.754. The Morgan fingerprint density at radius 2 is 2.11 bits per heavy atom. The Labute approximate surface area is 118 Å². The quantitative estimate of drug-likeness (QED) is 0.845. The van der Waals surface area contributed by atoms with Gasteiger partial charge >= 0.3 is 0 Å². The molecule has 2 nitrogen and oxygen atoms in total. The van der Waals surface area contributed by atoms with Gasteiger partial charge in [0, 0.05) is 13.1 Å². The van der Waals surface area contributed by atoms with Gasteiger partial charge in [0.25, 0.3) is 0 Å². The van der Waals surface area contributed by atoms with Crippen molar-refractivity contribution >= 4 is 0 Å². The summed E-state index contributed by atoms with van der Waals surface area (Å²) >= 11 is 0. The second-order valence-corrected chi connectivity index (χ2v) is 6.37. The van der Waals surface area contributed by atoms with E-state index < -0.39 is 0 Å². The van der Waals surface area contributed by atoms with Crippen molar-refractivity contribution in [2.24, 2.45) is 11.8 Å². The van der Waals surface area contributed by atoms with Crippen molar-refractivity contribution in [2.45, 2.75) is 33.7 Å². The average molecular weight is 260 g/mol. The van der Waals surface area contributed by atoms with E-state index in [0.717, 1.165) is 24.9 Å². The molecule has 0 bridgehead atoms. The van der Waals surface area contributed by atoms with E-state index in [-0.39, 0.29) is 0 Å². The first-order chi connectivity index (χ1) is 9.15. The van der Waals surface area contributed by atoms with Crippen molar-refractivity contribution in [3.8, 4) is 0 Å². The van der Waals surface area contributed by atoms with E-state index >= 15 is 0 Å². The summed E-state index contributed by atoms with van der Waals surface area (Å²) in [5.41, 5.74) is 2.90. The molecule has 1 aromatic carbocycles. The van der Waals surface area contributed by atoms with Crippen LogP contribution in [-0.4, -0.2) is 31.1 Å². The maximum absolute atomic E-state index is 3.60. The highest BCUT2D eigenvalue weighted by Crippen LogP contribution is 2.19. The molecular weight excluding hydrogens is 232 g/mol. The third kappa shape index (κ3) is 4.63. The van der Waals surface area contributed by atoms with Crippen LogP contribution in [0, 0.1) is 18.8 Å². The number of rotatable bonds is 6. The lowest BCUT2D eigenvalue weighted by Gasteiger charge is -2.18. The highest BCUT2D eigenvalue weighted by Gasteiger charge is 2.22. The van der Waals surface area contributed by atoms with Crippen LogP contribution in [-0.2, 0) is 6.54 Å². The van der Waals surface area contributed by atoms with Gasteiger partial charge in [0.1, 0.15) is 0 Å². The summed E-state index contributed by atoms with van der Waals surface area (Å²) < 4.78 is 0. The van der Waals surface area contributed by atoms with Crippen molar-refractivity contribution in [1.82, 2.24) is 10.2 Å². The molecule has 1 heterocycles. The summed E-state index contributed by atoms with van der Waals surface area (Å²) in [6, 6.07) is 8.76. The van der Waals surface area contributed by atoms with Crippen LogP contribution in [0.5, 0.6) is 0 Å². The third-order valence-corrected chi connectivity index (χ3v) is 4.01. The lowest BCUT2D eigenvalue weighted by molar-refractivity contribution is 0.313. The van der Waals surface area contributed by atoms with E-state index in [4.69, 9.17) is 0 Å². The Hall–Kier alpha value is -0.860. The Balaban J connectivity index is 1.75. The predicted octanol–water partition coefficient (Wildman–Crippen LogP) is 3.06. The monoisotopic (exact) mass is 260 g/mol. The zero-order valence-electron chi connectivity index (χ0n) is 12.7. The number of likely N-dealkylation sites (tertiary alicyclic amines) is 1. The minimum absolute atomic E-state index is 0.754. The molecule has 2 heteroatoms. The molecule has 0 aromatic heterocycles. The van der Waals surface area contributed by atoms with Gasteiger partial charge in [-0.3, -0.25) is 4.90 Å². The summed E-state index contributed by atoms with van der Waals surface area (Å²) in [7, 11) is 0. The van der Waals surface area contributed by atoms with Crippen LogP contribution in [0.2, 0.25) is 0 Å². The van der Waals surface area contributed by atoms with Crippen molar-refractivity contribution in [2.75, 3.05) is 26.2 Å². The molecular formula is C17H28N2. The van der Waals surface area contributed by atoms with Crippen molar-refractivity contribution in [3.05, 3.63) is 35.4 Å². The minimum Gasteiger partial charge on any atom is -0.316 e. The zero-order chi connectivity index (χ0) is 13.7. The molecule has 2 rings (SSSR count). The SMILES string of the molecule is Cc1ccccc1CN1CCC(CNCC(C)C)C1. The van der Waals surface area contributed by atoms with Gasteiger partial charge in [0.05, 0.1) is 0 Å². The Kier molecular flexibility index (Phi) is 5.41. The summed E-state index contributed by atoms with van der Waals surface area (Å²) in [5, 5.41) is 3.60. The number of aryl methyl sites for hydroxylation is 1. The van der Waals surface area contributed by atoms with Crippen LogP contribution in [0.1, 0.15) is 31.4 Å². The van der Waals surface area contributed by atoms with E-state index in [1.807, 2.05) is 0 Å². The van der Waals surface area contributed by atoms with E-state index in [9.17, 15) is 0 Å². The average Bonchev–Trinajstić information content (AvgIpc) is 2.79. The fourth-order valence-corrected chi connectivity index (χ4v) is 2.83. The summed E-state index contributed by atoms with van der Waals surface area (Å²) in [5.74, 6) is 1.59. The first-order valence-electron chi connectivity index (χ1n) is 7.62. The number of benzene rings is 1. The summed E-state index contributed by atoms with van der Waals surface area (Å²) in [6.07, 6.45) is 1.34. The number of hydrogen-bond acceptors (Lipinski definition) is 2. The molecule has 1 aliphatic rings. The fraction of sp³-hybridized carbons (Fsp3) is 0.647.